The second-order valence-corrected chi connectivity index (χ2v) is 10.2. The van der Waals surface area contributed by atoms with Crippen molar-refractivity contribution in [2.24, 2.45) is 4.99 Å². The molecule has 5 heteroatoms. The summed E-state index contributed by atoms with van der Waals surface area (Å²) in [5.41, 5.74) is 5.61. The van der Waals surface area contributed by atoms with E-state index in [0.29, 0.717) is 5.56 Å². The molecular weight excluding hydrogens is 384 g/mol. The quantitative estimate of drug-likeness (QED) is 0.549. The number of hydrogen-bond donors (Lipinski definition) is 0. The normalized spacial score (nSPS) is 12.7. The van der Waals surface area contributed by atoms with Crippen LogP contribution < -0.4 is 4.80 Å². The molecule has 0 aliphatic carbocycles. The Morgan fingerprint density at radius 2 is 1.75 bits per heavy atom. The summed E-state index contributed by atoms with van der Waals surface area (Å²) in [7, 11) is 0. The SMILES string of the molecule is CSCCn1c(=NC(=O)c2ccc(C(C)(C)C)cc2)sc2cc(C)c(C)cc21. The van der Waals surface area contributed by atoms with E-state index in [0.717, 1.165) is 22.6 Å². The third-order valence-corrected chi connectivity index (χ3v) is 6.64. The highest BCUT2D eigenvalue weighted by atomic mass is 32.2. The van der Waals surface area contributed by atoms with E-state index < -0.39 is 0 Å². The van der Waals surface area contributed by atoms with E-state index in [1.807, 2.05) is 24.3 Å². The number of thiazole rings is 1. The zero-order valence-electron chi connectivity index (χ0n) is 17.5. The summed E-state index contributed by atoms with van der Waals surface area (Å²) >= 11 is 3.39. The van der Waals surface area contributed by atoms with Crippen molar-refractivity contribution in [3.63, 3.8) is 0 Å². The first-order chi connectivity index (χ1) is 13.2. The van der Waals surface area contributed by atoms with Crippen LogP contribution >= 0.6 is 23.1 Å². The van der Waals surface area contributed by atoms with Gasteiger partial charge in [0.15, 0.2) is 4.80 Å². The van der Waals surface area contributed by atoms with Gasteiger partial charge in [-0.05, 0) is 66.5 Å². The second kappa shape index (κ2) is 8.26. The average molecular weight is 413 g/mol. The van der Waals surface area contributed by atoms with Crippen molar-refractivity contribution in [3.8, 4) is 0 Å². The number of aryl methyl sites for hydroxylation is 3. The van der Waals surface area contributed by atoms with Crippen LogP contribution in [0.2, 0.25) is 0 Å². The molecule has 0 bridgehead atoms. The lowest BCUT2D eigenvalue weighted by Gasteiger charge is -2.18. The molecule has 0 saturated heterocycles. The van der Waals surface area contributed by atoms with E-state index in [1.54, 1.807) is 23.1 Å². The van der Waals surface area contributed by atoms with Crippen LogP contribution in [0.5, 0.6) is 0 Å². The predicted octanol–water partition coefficient (Wildman–Crippen LogP) is 5.72. The fourth-order valence-corrected chi connectivity index (χ4v) is 4.57. The number of carbonyl (C=O) groups excluding carboxylic acids is 1. The maximum Gasteiger partial charge on any atom is 0.279 e. The Morgan fingerprint density at radius 3 is 2.36 bits per heavy atom. The minimum atomic E-state index is -0.182. The molecule has 0 aliphatic rings. The van der Waals surface area contributed by atoms with Crippen molar-refractivity contribution in [2.75, 3.05) is 12.0 Å². The molecule has 0 radical (unpaired) electrons. The Kier molecular flexibility index (Phi) is 6.15. The number of aromatic nitrogens is 1. The van der Waals surface area contributed by atoms with Crippen molar-refractivity contribution < 1.29 is 4.79 Å². The first-order valence-corrected chi connectivity index (χ1v) is 11.7. The Morgan fingerprint density at radius 1 is 1.11 bits per heavy atom. The van der Waals surface area contributed by atoms with Gasteiger partial charge < -0.3 is 4.57 Å². The molecule has 1 heterocycles. The Labute approximate surface area is 175 Å². The largest absolute Gasteiger partial charge is 0.315 e. The number of benzene rings is 2. The molecule has 3 nitrogen and oxygen atoms in total. The standard InChI is InChI=1S/C23H28N2OS2/c1-15-13-19-20(14-16(15)2)28-22(25(19)11-12-27-6)24-21(26)17-7-9-18(10-8-17)23(3,4)5/h7-10,13-14H,11-12H2,1-6H3. The molecule has 1 amide bonds. The van der Waals surface area contributed by atoms with E-state index in [-0.39, 0.29) is 11.3 Å². The van der Waals surface area contributed by atoms with Gasteiger partial charge in [0, 0.05) is 17.9 Å². The Balaban J connectivity index is 2.05. The third kappa shape index (κ3) is 4.41. The van der Waals surface area contributed by atoms with Crippen LogP contribution in [0, 0.1) is 13.8 Å². The van der Waals surface area contributed by atoms with E-state index >= 15 is 0 Å². The number of thioether (sulfide) groups is 1. The first kappa shape index (κ1) is 20.9. The van der Waals surface area contributed by atoms with Gasteiger partial charge in [-0.25, -0.2) is 0 Å². The van der Waals surface area contributed by atoms with Crippen LogP contribution in [0.15, 0.2) is 41.4 Å². The minimum Gasteiger partial charge on any atom is -0.315 e. The minimum absolute atomic E-state index is 0.0702. The van der Waals surface area contributed by atoms with Crippen molar-refractivity contribution in [1.82, 2.24) is 4.57 Å². The molecule has 0 saturated carbocycles. The van der Waals surface area contributed by atoms with Crippen molar-refractivity contribution in [1.29, 1.82) is 0 Å². The van der Waals surface area contributed by atoms with Crippen LogP contribution in [0.25, 0.3) is 10.2 Å². The molecule has 0 fully saturated rings. The molecule has 2 aromatic carbocycles. The summed E-state index contributed by atoms with van der Waals surface area (Å²) in [5, 5.41) is 0. The van der Waals surface area contributed by atoms with Crippen LogP contribution in [-0.2, 0) is 12.0 Å². The number of carbonyl (C=O) groups is 1. The smallest absolute Gasteiger partial charge is 0.279 e. The molecule has 3 rings (SSSR count). The van der Waals surface area contributed by atoms with Gasteiger partial charge in [-0.15, -0.1) is 0 Å². The monoisotopic (exact) mass is 412 g/mol. The lowest BCUT2D eigenvalue weighted by molar-refractivity contribution is 0.0998. The van der Waals surface area contributed by atoms with Crippen molar-refractivity contribution in [3.05, 3.63) is 63.5 Å². The number of fused-ring (bicyclic) bond motifs is 1. The first-order valence-electron chi connectivity index (χ1n) is 9.50. The number of hydrogen-bond acceptors (Lipinski definition) is 3. The highest BCUT2D eigenvalue weighted by molar-refractivity contribution is 7.98. The molecule has 1 aromatic heterocycles. The highest BCUT2D eigenvalue weighted by Crippen LogP contribution is 2.24. The third-order valence-electron chi connectivity index (χ3n) is 5.01. The summed E-state index contributed by atoms with van der Waals surface area (Å²) < 4.78 is 3.36. The summed E-state index contributed by atoms with van der Waals surface area (Å²) in [6.07, 6.45) is 2.10. The summed E-state index contributed by atoms with van der Waals surface area (Å²) in [5.74, 6) is 0.804. The van der Waals surface area contributed by atoms with Crippen LogP contribution in [0.4, 0.5) is 0 Å². The Bertz CT molecular complexity index is 1070. The van der Waals surface area contributed by atoms with E-state index in [1.165, 1.54) is 21.4 Å². The molecular formula is C23H28N2OS2. The van der Waals surface area contributed by atoms with Gasteiger partial charge in [0.1, 0.15) is 0 Å². The van der Waals surface area contributed by atoms with Gasteiger partial charge in [-0.1, -0.05) is 44.2 Å². The van der Waals surface area contributed by atoms with E-state index in [2.05, 4.69) is 62.6 Å². The zero-order chi connectivity index (χ0) is 20.5. The van der Waals surface area contributed by atoms with Gasteiger partial charge >= 0.3 is 0 Å². The van der Waals surface area contributed by atoms with Gasteiger partial charge in [0.25, 0.3) is 5.91 Å². The highest BCUT2D eigenvalue weighted by Gasteiger charge is 2.15. The number of rotatable bonds is 4. The fraction of sp³-hybridized carbons (Fsp3) is 0.391. The number of amides is 1. The molecule has 3 aromatic rings. The summed E-state index contributed by atoms with van der Waals surface area (Å²) in [4.78, 5) is 18.1. The van der Waals surface area contributed by atoms with Gasteiger partial charge in [-0.2, -0.15) is 16.8 Å². The lowest BCUT2D eigenvalue weighted by atomic mass is 9.87. The van der Waals surface area contributed by atoms with Crippen molar-refractivity contribution >= 4 is 39.2 Å². The zero-order valence-corrected chi connectivity index (χ0v) is 19.1. The average Bonchev–Trinajstić information content (AvgIpc) is 2.95. The van der Waals surface area contributed by atoms with Gasteiger partial charge in [0.05, 0.1) is 10.2 Å². The van der Waals surface area contributed by atoms with E-state index in [4.69, 9.17) is 0 Å². The van der Waals surface area contributed by atoms with Crippen LogP contribution in [0.1, 0.15) is 47.8 Å². The molecule has 0 unspecified atom stereocenters. The topological polar surface area (TPSA) is 34.4 Å². The molecule has 0 spiro atoms. The van der Waals surface area contributed by atoms with Gasteiger partial charge in [0.2, 0.25) is 0 Å². The molecule has 148 valence electrons. The fourth-order valence-electron chi connectivity index (χ4n) is 3.07. The molecule has 28 heavy (non-hydrogen) atoms. The van der Waals surface area contributed by atoms with Gasteiger partial charge in [-0.3, -0.25) is 4.79 Å². The number of nitrogens with zero attached hydrogens (tertiary/aromatic N) is 2. The van der Waals surface area contributed by atoms with Crippen LogP contribution in [-0.4, -0.2) is 22.5 Å². The molecule has 0 aliphatic heterocycles. The van der Waals surface area contributed by atoms with Crippen molar-refractivity contribution in [2.45, 2.75) is 46.6 Å². The second-order valence-electron chi connectivity index (χ2n) is 8.18. The van der Waals surface area contributed by atoms with E-state index in [9.17, 15) is 4.79 Å². The summed E-state index contributed by atoms with van der Waals surface area (Å²) in [6.45, 7) is 11.6. The predicted molar refractivity (Wildman–Crippen MR) is 123 cm³/mol. The Hall–Kier alpha value is -1.85. The summed E-state index contributed by atoms with van der Waals surface area (Å²) in [6, 6.07) is 12.3. The molecule has 0 atom stereocenters. The maximum atomic E-state index is 12.8. The lowest BCUT2D eigenvalue weighted by Crippen LogP contribution is -2.18. The van der Waals surface area contributed by atoms with Crippen LogP contribution in [0.3, 0.4) is 0 Å². The maximum absolute atomic E-state index is 12.8. The molecule has 0 N–H and O–H groups in total.